The first-order valence-electron chi connectivity index (χ1n) is 6.68. The van der Waals surface area contributed by atoms with Crippen LogP contribution in [0.4, 0.5) is 5.69 Å². The van der Waals surface area contributed by atoms with Gasteiger partial charge in [0.25, 0.3) is 5.91 Å². The number of aromatic carboxylic acids is 1. The lowest BCUT2D eigenvalue weighted by atomic mass is 10.3. The zero-order valence-electron chi connectivity index (χ0n) is 12.8. The average Bonchev–Trinajstić information content (AvgIpc) is 3.12. The van der Waals surface area contributed by atoms with Crippen molar-refractivity contribution in [1.29, 1.82) is 0 Å². The third kappa shape index (κ3) is 3.36. The lowest BCUT2D eigenvalue weighted by Gasteiger charge is -2.12. The van der Waals surface area contributed by atoms with Crippen LogP contribution < -0.4 is 10.6 Å². The Kier molecular flexibility index (Phi) is 4.44. The molecule has 10 heteroatoms. The van der Waals surface area contributed by atoms with E-state index < -0.39 is 23.8 Å². The molecule has 0 aromatic carbocycles. The first-order chi connectivity index (χ1) is 10.8. The summed E-state index contributed by atoms with van der Waals surface area (Å²) in [6, 6.07) is 0.535. The predicted octanol–water partition coefficient (Wildman–Crippen LogP) is -0.126. The monoisotopic (exact) mass is 320 g/mol. The van der Waals surface area contributed by atoms with Gasteiger partial charge in [0.15, 0.2) is 11.4 Å². The van der Waals surface area contributed by atoms with E-state index in [1.54, 1.807) is 14.0 Å². The smallest absolute Gasteiger partial charge is 0.356 e. The molecule has 2 aromatic rings. The lowest BCUT2D eigenvalue weighted by Crippen LogP contribution is -2.26. The molecule has 0 bridgehead atoms. The van der Waals surface area contributed by atoms with Gasteiger partial charge in [-0.15, -0.1) is 0 Å². The molecule has 0 spiro atoms. The van der Waals surface area contributed by atoms with Crippen LogP contribution in [0.15, 0.2) is 18.5 Å². The summed E-state index contributed by atoms with van der Waals surface area (Å²) in [7, 11) is 3.08. The zero-order valence-corrected chi connectivity index (χ0v) is 12.8. The van der Waals surface area contributed by atoms with Gasteiger partial charge in [-0.1, -0.05) is 0 Å². The van der Waals surface area contributed by atoms with E-state index in [0.29, 0.717) is 0 Å². The first-order valence-corrected chi connectivity index (χ1v) is 6.68. The maximum absolute atomic E-state index is 12.3. The van der Waals surface area contributed by atoms with Gasteiger partial charge >= 0.3 is 5.97 Å². The Morgan fingerprint density at radius 3 is 2.57 bits per heavy atom. The van der Waals surface area contributed by atoms with Crippen molar-refractivity contribution < 1.29 is 19.5 Å². The number of amides is 2. The maximum atomic E-state index is 12.3. The van der Waals surface area contributed by atoms with Gasteiger partial charge < -0.3 is 15.7 Å². The summed E-state index contributed by atoms with van der Waals surface area (Å²) in [5, 5.41) is 21.7. The van der Waals surface area contributed by atoms with Gasteiger partial charge in [-0.3, -0.25) is 19.0 Å². The van der Waals surface area contributed by atoms with Gasteiger partial charge in [0.1, 0.15) is 6.04 Å². The molecule has 2 amide bonds. The second-order valence-electron chi connectivity index (χ2n) is 4.80. The van der Waals surface area contributed by atoms with Gasteiger partial charge in [0.2, 0.25) is 5.91 Å². The predicted molar refractivity (Wildman–Crippen MR) is 79.1 cm³/mol. The molecule has 0 aliphatic heterocycles. The fourth-order valence-electron chi connectivity index (χ4n) is 1.89. The molecule has 1 unspecified atom stereocenters. The van der Waals surface area contributed by atoms with Gasteiger partial charge in [0.05, 0.1) is 5.69 Å². The summed E-state index contributed by atoms with van der Waals surface area (Å²) >= 11 is 0. The highest BCUT2D eigenvalue weighted by atomic mass is 16.4. The van der Waals surface area contributed by atoms with Crippen molar-refractivity contribution in [2.24, 2.45) is 7.05 Å². The van der Waals surface area contributed by atoms with E-state index in [9.17, 15) is 14.4 Å². The molecule has 3 N–H and O–H groups in total. The maximum Gasteiger partial charge on any atom is 0.356 e. The van der Waals surface area contributed by atoms with Crippen LogP contribution in [0.5, 0.6) is 0 Å². The van der Waals surface area contributed by atoms with Gasteiger partial charge in [-0.05, 0) is 13.0 Å². The Balaban J connectivity index is 2.18. The molecule has 0 aliphatic carbocycles. The highest BCUT2D eigenvalue weighted by Crippen LogP contribution is 2.16. The standard InChI is InChI=1S/C13H16N6O4/c1-7(19-5-4-8(16-19)13(22)23)11(20)15-9-6-18(3)17-10(9)12(21)14-2/h4-7H,1-3H3,(H,14,21)(H,15,20)(H,22,23). The second kappa shape index (κ2) is 6.30. The summed E-state index contributed by atoms with van der Waals surface area (Å²) in [5.41, 5.74) is 0.189. The topological polar surface area (TPSA) is 131 Å². The number of carbonyl (C=O) groups excluding carboxylic acids is 2. The molecule has 2 aromatic heterocycles. The van der Waals surface area contributed by atoms with Gasteiger partial charge in [0, 0.05) is 26.5 Å². The number of hydrogen-bond acceptors (Lipinski definition) is 5. The van der Waals surface area contributed by atoms with Crippen LogP contribution in [0, 0.1) is 0 Å². The summed E-state index contributed by atoms with van der Waals surface area (Å²) in [6.07, 6.45) is 2.90. The van der Waals surface area contributed by atoms with Crippen LogP contribution in [-0.2, 0) is 11.8 Å². The number of carboxylic acid groups (broad SMARTS) is 1. The van der Waals surface area contributed by atoms with Gasteiger partial charge in [-0.2, -0.15) is 10.2 Å². The zero-order chi connectivity index (χ0) is 17.1. The van der Waals surface area contributed by atoms with E-state index in [0.717, 1.165) is 0 Å². The van der Waals surface area contributed by atoms with Crippen LogP contribution in [-0.4, -0.2) is 49.5 Å². The summed E-state index contributed by atoms with van der Waals surface area (Å²) < 4.78 is 2.63. The van der Waals surface area contributed by atoms with Crippen molar-refractivity contribution in [2.75, 3.05) is 12.4 Å². The van der Waals surface area contributed by atoms with Crippen LogP contribution in [0.1, 0.15) is 33.9 Å². The Labute approximate surface area is 131 Å². The van der Waals surface area contributed by atoms with E-state index in [1.165, 1.54) is 34.9 Å². The molecule has 0 saturated carbocycles. The molecule has 1 atom stereocenters. The number of nitrogens with one attached hydrogen (secondary N) is 2. The minimum absolute atomic E-state index is 0.0854. The van der Waals surface area contributed by atoms with E-state index >= 15 is 0 Å². The van der Waals surface area contributed by atoms with E-state index in [1.807, 2.05) is 0 Å². The largest absolute Gasteiger partial charge is 0.476 e. The summed E-state index contributed by atoms with van der Waals surface area (Å²) in [4.78, 5) is 34.8. The summed E-state index contributed by atoms with van der Waals surface area (Å²) in [6.45, 7) is 1.56. The highest BCUT2D eigenvalue weighted by molar-refractivity contribution is 6.02. The Morgan fingerprint density at radius 2 is 2.00 bits per heavy atom. The number of carbonyl (C=O) groups is 3. The minimum Gasteiger partial charge on any atom is -0.476 e. The SMILES string of the molecule is CNC(=O)c1nn(C)cc1NC(=O)C(C)n1ccc(C(=O)O)n1. The Hall–Kier alpha value is -3.17. The molecule has 0 saturated heterocycles. The van der Waals surface area contributed by atoms with E-state index in [-0.39, 0.29) is 17.1 Å². The van der Waals surface area contributed by atoms with Crippen LogP contribution in [0.2, 0.25) is 0 Å². The summed E-state index contributed by atoms with van der Waals surface area (Å²) in [5.74, 6) is -2.06. The number of anilines is 1. The number of carboxylic acids is 1. The fourth-order valence-corrected chi connectivity index (χ4v) is 1.89. The molecule has 10 nitrogen and oxygen atoms in total. The number of rotatable bonds is 5. The molecule has 0 fully saturated rings. The number of aryl methyl sites for hydroxylation is 1. The van der Waals surface area contributed by atoms with Crippen molar-refractivity contribution in [2.45, 2.75) is 13.0 Å². The lowest BCUT2D eigenvalue weighted by molar-refractivity contribution is -0.119. The third-order valence-corrected chi connectivity index (χ3v) is 3.13. The first kappa shape index (κ1) is 16.2. The fraction of sp³-hybridized carbons (Fsp3) is 0.308. The van der Waals surface area contributed by atoms with Crippen LogP contribution in [0.25, 0.3) is 0 Å². The van der Waals surface area contributed by atoms with Crippen molar-refractivity contribution in [3.63, 3.8) is 0 Å². The number of hydrogen-bond donors (Lipinski definition) is 3. The van der Waals surface area contributed by atoms with E-state index in [4.69, 9.17) is 5.11 Å². The molecule has 2 heterocycles. The minimum atomic E-state index is -1.18. The Bertz CT molecular complexity index is 762. The normalized spacial score (nSPS) is 11.8. The molecule has 122 valence electrons. The van der Waals surface area contributed by atoms with Gasteiger partial charge in [-0.25, -0.2) is 4.79 Å². The quantitative estimate of drug-likeness (QED) is 0.703. The van der Waals surface area contributed by atoms with Crippen molar-refractivity contribution in [1.82, 2.24) is 24.9 Å². The van der Waals surface area contributed by atoms with Crippen molar-refractivity contribution in [3.05, 3.63) is 29.8 Å². The molecule has 0 radical (unpaired) electrons. The number of aromatic nitrogens is 4. The molecular formula is C13H16N6O4. The second-order valence-corrected chi connectivity index (χ2v) is 4.80. The van der Waals surface area contributed by atoms with Crippen molar-refractivity contribution >= 4 is 23.5 Å². The molecular weight excluding hydrogens is 304 g/mol. The highest BCUT2D eigenvalue weighted by Gasteiger charge is 2.22. The molecule has 0 aliphatic rings. The average molecular weight is 320 g/mol. The van der Waals surface area contributed by atoms with E-state index in [2.05, 4.69) is 20.8 Å². The molecule has 23 heavy (non-hydrogen) atoms. The van der Waals surface area contributed by atoms with Crippen molar-refractivity contribution in [3.8, 4) is 0 Å². The van der Waals surface area contributed by atoms with Crippen LogP contribution in [0.3, 0.4) is 0 Å². The van der Waals surface area contributed by atoms with Crippen LogP contribution >= 0.6 is 0 Å². The number of nitrogens with zero attached hydrogens (tertiary/aromatic N) is 4. The Morgan fingerprint density at radius 1 is 1.30 bits per heavy atom. The third-order valence-electron chi connectivity index (χ3n) is 3.13. The molecule has 2 rings (SSSR count).